The highest BCUT2D eigenvalue weighted by atomic mass is 16.3. The number of fused-ring (bicyclic) bond motifs is 6. The van der Waals surface area contributed by atoms with E-state index in [0.717, 1.165) is 66.4 Å². The summed E-state index contributed by atoms with van der Waals surface area (Å²) in [5.74, 6) is 0.615. The Labute approximate surface area is 336 Å². The van der Waals surface area contributed by atoms with E-state index in [4.69, 9.17) is 9.40 Å². The van der Waals surface area contributed by atoms with Gasteiger partial charge in [-0.05, 0) is 121 Å². The Morgan fingerprint density at radius 3 is 1.71 bits per heavy atom. The van der Waals surface area contributed by atoms with Crippen molar-refractivity contribution in [1.29, 1.82) is 0 Å². The third kappa shape index (κ3) is 5.89. The Kier molecular flexibility index (Phi) is 8.15. The molecule has 0 aliphatic carbocycles. The number of hydrogen-bond donors (Lipinski definition) is 0. The first kappa shape index (κ1) is 33.6. The lowest BCUT2D eigenvalue weighted by atomic mass is 9.92. The summed E-state index contributed by atoms with van der Waals surface area (Å²) in [5, 5.41) is 6.86. The molecular formula is C55H36N2O. The lowest BCUT2D eigenvalue weighted by Gasteiger charge is -2.29. The van der Waals surface area contributed by atoms with E-state index >= 15 is 0 Å². The number of nitrogens with zero attached hydrogens (tertiary/aromatic N) is 2. The topological polar surface area (TPSA) is 29.3 Å². The highest BCUT2D eigenvalue weighted by Gasteiger charge is 2.22. The normalized spacial score (nSPS) is 11.4. The third-order valence-corrected chi connectivity index (χ3v) is 11.2. The smallest absolute Gasteiger partial charge is 0.227 e. The highest BCUT2D eigenvalue weighted by Crippen LogP contribution is 2.46. The van der Waals surface area contributed by atoms with Gasteiger partial charge < -0.3 is 9.32 Å². The van der Waals surface area contributed by atoms with Gasteiger partial charge in [0.2, 0.25) is 5.89 Å². The molecule has 0 saturated heterocycles. The highest BCUT2D eigenvalue weighted by molar-refractivity contribution is 6.22. The standard InChI is InChI=1S/C55H36N2O/c1-5-16-38(17-6-1)48-35-44-27-31-51-54(58-55(56-51)40-20-9-3-10-21-40)53(44)50-36-46(29-30-47(48)50)57(45-23-11-4-12-24-45)52-32-28-43(34-49(52)39-18-7-2-8-19-39)42-26-25-37-15-13-14-22-41(37)33-42/h1-36H. The molecule has 0 radical (unpaired) electrons. The van der Waals surface area contributed by atoms with Gasteiger partial charge in [-0.15, -0.1) is 0 Å². The van der Waals surface area contributed by atoms with Crippen molar-refractivity contribution >= 4 is 60.5 Å². The second kappa shape index (κ2) is 14.1. The van der Waals surface area contributed by atoms with E-state index in [-0.39, 0.29) is 0 Å². The minimum atomic E-state index is 0.615. The van der Waals surface area contributed by atoms with Gasteiger partial charge in [0.05, 0.1) is 5.69 Å². The van der Waals surface area contributed by atoms with E-state index in [2.05, 4.69) is 193 Å². The molecular weight excluding hydrogens is 705 g/mol. The first-order chi connectivity index (χ1) is 28.7. The molecule has 1 aromatic heterocycles. The Morgan fingerprint density at radius 1 is 0.362 bits per heavy atom. The van der Waals surface area contributed by atoms with Crippen molar-refractivity contribution in [1.82, 2.24) is 4.98 Å². The second-order valence-corrected chi connectivity index (χ2v) is 14.7. The van der Waals surface area contributed by atoms with E-state index in [1.807, 2.05) is 30.3 Å². The van der Waals surface area contributed by atoms with Crippen LogP contribution in [0.2, 0.25) is 0 Å². The van der Waals surface area contributed by atoms with Gasteiger partial charge in [-0.2, -0.15) is 0 Å². The van der Waals surface area contributed by atoms with Crippen LogP contribution in [-0.4, -0.2) is 4.98 Å². The van der Waals surface area contributed by atoms with E-state index < -0.39 is 0 Å². The molecule has 0 aliphatic heterocycles. The molecule has 0 aliphatic rings. The van der Waals surface area contributed by atoms with Crippen molar-refractivity contribution in [3.05, 3.63) is 218 Å². The van der Waals surface area contributed by atoms with Crippen LogP contribution in [0.15, 0.2) is 223 Å². The van der Waals surface area contributed by atoms with Crippen molar-refractivity contribution in [3.8, 4) is 44.8 Å². The number of hydrogen-bond acceptors (Lipinski definition) is 3. The molecule has 10 aromatic carbocycles. The molecule has 0 N–H and O–H groups in total. The van der Waals surface area contributed by atoms with Gasteiger partial charge in [0.15, 0.2) is 5.58 Å². The molecule has 272 valence electrons. The van der Waals surface area contributed by atoms with Crippen molar-refractivity contribution in [2.24, 2.45) is 0 Å². The van der Waals surface area contributed by atoms with Crippen molar-refractivity contribution < 1.29 is 4.42 Å². The van der Waals surface area contributed by atoms with Crippen molar-refractivity contribution in [3.63, 3.8) is 0 Å². The zero-order chi connectivity index (χ0) is 38.4. The number of para-hydroxylation sites is 1. The van der Waals surface area contributed by atoms with E-state index in [1.165, 1.54) is 33.0 Å². The largest absolute Gasteiger partial charge is 0.435 e. The second-order valence-electron chi connectivity index (χ2n) is 14.7. The third-order valence-electron chi connectivity index (χ3n) is 11.2. The summed E-state index contributed by atoms with van der Waals surface area (Å²) < 4.78 is 6.72. The van der Waals surface area contributed by atoms with Crippen LogP contribution in [0, 0.1) is 0 Å². The minimum absolute atomic E-state index is 0.615. The van der Waals surface area contributed by atoms with Crippen molar-refractivity contribution in [2.45, 2.75) is 0 Å². The van der Waals surface area contributed by atoms with Gasteiger partial charge in [-0.25, -0.2) is 4.98 Å². The van der Waals surface area contributed by atoms with Gasteiger partial charge in [0.1, 0.15) is 5.52 Å². The first-order valence-electron chi connectivity index (χ1n) is 19.7. The molecule has 0 atom stereocenters. The van der Waals surface area contributed by atoms with Crippen LogP contribution in [0.4, 0.5) is 17.1 Å². The number of aromatic nitrogens is 1. The summed E-state index contributed by atoms with van der Waals surface area (Å²) in [6, 6.07) is 77.8. The molecule has 0 saturated carbocycles. The summed E-state index contributed by atoms with van der Waals surface area (Å²) in [6.45, 7) is 0. The van der Waals surface area contributed by atoms with Gasteiger partial charge in [0, 0.05) is 27.9 Å². The molecule has 0 unspecified atom stereocenters. The molecule has 3 nitrogen and oxygen atoms in total. The molecule has 11 aromatic rings. The van der Waals surface area contributed by atoms with Gasteiger partial charge in [-0.1, -0.05) is 152 Å². The molecule has 1 heterocycles. The van der Waals surface area contributed by atoms with Gasteiger partial charge >= 0.3 is 0 Å². The van der Waals surface area contributed by atoms with Crippen LogP contribution in [0.25, 0.3) is 88.3 Å². The van der Waals surface area contributed by atoms with Crippen LogP contribution >= 0.6 is 0 Å². The molecule has 0 spiro atoms. The van der Waals surface area contributed by atoms with Gasteiger partial charge in [0.25, 0.3) is 0 Å². The summed E-state index contributed by atoms with van der Waals surface area (Å²) in [6.07, 6.45) is 0. The summed E-state index contributed by atoms with van der Waals surface area (Å²) >= 11 is 0. The Hall–Kier alpha value is -7.75. The first-order valence-corrected chi connectivity index (χ1v) is 19.7. The molecule has 3 heteroatoms. The molecule has 0 amide bonds. The average Bonchev–Trinajstić information content (AvgIpc) is 3.75. The van der Waals surface area contributed by atoms with E-state index in [1.54, 1.807) is 0 Å². The Balaban J connectivity index is 1.17. The molecule has 0 fully saturated rings. The number of benzene rings is 10. The summed E-state index contributed by atoms with van der Waals surface area (Å²) in [5.41, 5.74) is 12.7. The van der Waals surface area contributed by atoms with Crippen LogP contribution in [0.5, 0.6) is 0 Å². The van der Waals surface area contributed by atoms with Gasteiger partial charge in [-0.3, -0.25) is 0 Å². The maximum absolute atomic E-state index is 6.72. The monoisotopic (exact) mass is 740 g/mol. The fourth-order valence-electron chi connectivity index (χ4n) is 8.44. The lowest BCUT2D eigenvalue weighted by molar-refractivity contribution is 0.623. The lowest BCUT2D eigenvalue weighted by Crippen LogP contribution is -2.11. The number of anilines is 3. The summed E-state index contributed by atoms with van der Waals surface area (Å²) in [4.78, 5) is 7.38. The molecule has 0 bridgehead atoms. The van der Waals surface area contributed by atoms with Crippen LogP contribution in [0.1, 0.15) is 0 Å². The van der Waals surface area contributed by atoms with Crippen molar-refractivity contribution in [2.75, 3.05) is 4.90 Å². The van der Waals surface area contributed by atoms with Crippen LogP contribution in [0.3, 0.4) is 0 Å². The Morgan fingerprint density at radius 2 is 0.966 bits per heavy atom. The SMILES string of the molecule is c1ccc(-c2nc3ccc4cc(-c5ccccc5)c5ccc(N(c6ccccc6)c6ccc(-c7ccc8ccccc8c7)cc6-c6ccccc6)cc5c4c3o2)cc1. The van der Waals surface area contributed by atoms with Crippen LogP contribution < -0.4 is 4.90 Å². The average molecular weight is 741 g/mol. The maximum atomic E-state index is 6.72. The molecule has 58 heavy (non-hydrogen) atoms. The minimum Gasteiger partial charge on any atom is -0.435 e. The predicted molar refractivity (Wildman–Crippen MR) is 243 cm³/mol. The number of rotatable bonds is 7. The quantitative estimate of drug-likeness (QED) is 0.152. The zero-order valence-corrected chi connectivity index (χ0v) is 31.6. The Bertz CT molecular complexity index is 3270. The number of oxazole rings is 1. The fraction of sp³-hybridized carbons (Fsp3) is 0. The summed E-state index contributed by atoms with van der Waals surface area (Å²) in [7, 11) is 0. The van der Waals surface area contributed by atoms with Crippen LogP contribution in [-0.2, 0) is 0 Å². The maximum Gasteiger partial charge on any atom is 0.227 e. The fourth-order valence-corrected chi connectivity index (χ4v) is 8.44. The zero-order valence-electron chi connectivity index (χ0n) is 31.6. The van der Waals surface area contributed by atoms with E-state index in [0.29, 0.717) is 5.89 Å². The predicted octanol–water partition coefficient (Wildman–Crippen LogP) is 15.4. The van der Waals surface area contributed by atoms with E-state index in [9.17, 15) is 0 Å². The molecule has 11 rings (SSSR count).